The average Bonchev–Trinajstić information content (AvgIpc) is 2.21. The summed E-state index contributed by atoms with van der Waals surface area (Å²) in [5.41, 5.74) is 0.734. The maximum atomic E-state index is 10.1. The molecule has 0 aliphatic carbocycles. The molecule has 0 spiro atoms. The molecular weight excluding hydrogens is 912 g/mol. The van der Waals surface area contributed by atoms with Gasteiger partial charge in [-0.2, -0.15) is 18.2 Å². The molecule has 0 aliphatic heterocycles. The second kappa shape index (κ2) is 31.7. The van der Waals surface area contributed by atoms with E-state index in [1.807, 2.05) is 12.1 Å². The second-order valence-electron chi connectivity index (χ2n) is 1.90. The molecular formula is C10H11NO2UVW2Y. The van der Waals surface area contributed by atoms with Gasteiger partial charge < -0.3 is 21.9 Å². The topological polar surface area (TPSA) is 37.4 Å². The average molecular weight is 923 g/mol. The summed E-state index contributed by atoms with van der Waals surface area (Å²) in [6.45, 7) is 3.25. The van der Waals surface area contributed by atoms with E-state index in [1.165, 1.54) is 4.90 Å². The van der Waals surface area contributed by atoms with E-state index in [4.69, 9.17) is 4.79 Å². The maximum absolute atomic E-state index is 10.1. The Balaban J connectivity index is -0.0000000289. The van der Waals surface area contributed by atoms with Crippen LogP contribution in [0.4, 0.5) is 5.69 Å². The molecule has 1 amide bonds. The van der Waals surface area contributed by atoms with Gasteiger partial charge in [-0.15, -0.1) is 0 Å². The summed E-state index contributed by atoms with van der Waals surface area (Å²) >= 11 is 0. The molecule has 2 radical (unpaired) electrons. The van der Waals surface area contributed by atoms with E-state index < -0.39 is 0 Å². The first kappa shape index (κ1) is 42.8. The monoisotopic (exact) mass is 923 g/mol. The molecule has 0 atom stereocenters. The van der Waals surface area contributed by atoms with Crippen molar-refractivity contribution >= 4 is 18.9 Å². The second-order valence-corrected chi connectivity index (χ2v) is 1.90. The molecule has 18 heavy (non-hydrogen) atoms. The van der Waals surface area contributed by atoms with Crippen LogP contribution < -0.4 is 4.90 Å². The zero-order valence-electron chi connectivity index (χ0n) is 9.99. The summed E-state index contributed by atoms with van der Waals surface area (Å²) in [7, 11) is 1.64. The predicted octanol–water partition coefficient (Wildman–Crippen LogP) is 1.16. The SMILES string of the molecule is CN([C-]=O)c1[c-]cccc1.[CH-]=O.[CH3-].[U].[V+2].[W+2].[W].[Y]. The number of amides is 1. The van der Waals surface area contributed by atoms with Gasteiger partial charge in [-0.05, 0) is 7.05 Å². The Morgan fingerprint density at radius 2 is 1.78 bits per heavy atom. The minimum Gasteiger partial charge on any atom is -0.545 e. The minimum atomic E-state index is 0. The molecule has 1 rings (SSSR count). The molecule has 0 aromatic heterocycles. The van der Waals surface area contributed by atoms with Gasteiger partial charge in [0.1, 0.15) is 0 Å². The normalized spacial score (nSPS) is 5.17. The zero-order chi connectivity index (χ0) is 9.40. The van der Waals surface area contributed by atoms with E-state index in [9.17, 15) is 4.79 Å². The number of para-hydroxylation sites is 1. The number of nitrogens with zero attached hydrogens (tertiary/aromatic N) is 1. The summed E-state index contributed by atoms with van der Waals surface area (Å²) in [4.78, 5) is 19.2. The van der Waals surface area contributed by atoms with Crippen LogP contribution in [0.15, 0.2) is 24.3 Å². The van der Waals surface area contributed by atoms with Crippen molar-refractivity contribution < 1.29 is 134 Å². The first-order valence-electron chi connectivity index (χ1n) is 3.16. The Kier molecular flexibility index (Phi) is 75.4. The molecule has 0 fully saturated rings. The van der Waals surface area contributed by atoms with Gasteiger partial charge in [-0.25, -0.2) is 11.8 Å². The molecule has 3 nitrogen and oxygen atoms in total. The third kappa shape index (κ3) is 20.8. The molecule has 0 bridgehead atoms. The summed E-state index contributed by atoms with van der Waals surface area (Å²) in [6, 6.07) is 10.1. The van der Waals surface area contributed by atoms with E-state index in [0.717, 1.165) is 5.69 Å². The van der Waals surface area contributed by atoms with Crippen molar-refractivity contribution in [3.63, 3.8) is 0 Å². The molecule has 1 aromatic carbocycles. The predicted molar refractivity (Wildman–Crippen MR) is 52.5 cm³/mol. The van der Waals surface area contributed by atoms with Gasteiger partial charge in [0.25, 0.3) is 0 Å². The molecule has 0 saturated heterocycles. The fourth-order valence-electron chi connectivity index (χ4n) is 0.642. The van der Waals surface area contributed by atoms with E-state index in [-0.39, 0.29) is 132 Å². The number of rotatable bonds is 2. The number of carbonyl (C=O) groups excluding carboxylic acids is 2. The first-order valence-corrected chi connectivity index (χ1v) is 3.16. The van der Waals surface area contributed by atoms with Gasteiger partial charge in [0, 0.05) is 84.9 Å². The number of benzene rings is 1. The van der Waals surface area contributed by atoms with E-state index in [1.54, 1.807) is 25.6 Å². The molecule has 0 saturated carbocycles. The third-order valence-corrected chi connectivity index (χ3v) is 1.19. The van der Waals surface area contributed by atoms with Crippen molar-refractivity contribution in [3.05, 3.63) is 37.8 Å². The standard InChI is InChI=1S/C8H7NO.CHO.CH3.U.V.2W.Y/c1-9(7-10)8-5-3-2-4-6-8;1-2;;;;;;/h2-5H,1H3;1H;1H3;;;;;/q-2;2*-1;;+2;;+2;. The quantitative estimate of drug-likeness (QED) is 0.254. The first-order chi connectivity index (χ1) is 5.84. The molecule has 8 heteroatoms. The number of hydrogen-bond donors (Lipinski definition) is 0. The van der Waals surface area contributed by atoms with Gasteiger partial charge in [-0.1, -0.05) is 0 Å². The van der Waals surface area contributed by atoms with Gasteiger partial charge in [0.2, 0.25) is 0 Å². The van der Waals surface area contributed by atoms with Crippen LogP contribution in [-0.2, 0) is 103 Å². The molecule has 0 unspecified atom stereocenters. The van der Waals surface area contributed by atoms with Crippen LogP contribution in [0.25, 0.3) is 0 Å². The van der Waals surface area contributed by atoms with Gasteiger partial charge in [0.05, 0.1) is 6.41 Å². The van der Waals surface area contributed by atoms with Crippen molar-refractivity contribution in [1.29, 1.82) is 0 Å². The fraction of sp³-hybridized carbons (Fsp3) is 0.100. The van der Waals surface area contributed by atoms with Gasteiger partial charge in [0.15, 0.2) is 0 Å². The van der Waals surface area contributed by atoms with Crippen LogP contribution >= 0.6 is 0 Å². The summed E-state index contributed by atoms with van der Waals surface area (Å²) in [6.07, 6.45) is 1.73. The molecule has 0 aliphatic rings. The summed E-state index contributed by atoms with van der Waals surface area (Å²) in [5.74, 6) is 0. The minimum absolute atomic E-state index is 0. The zero-order valence-corrected chi connectivity index (χ0v) is 24.3. The molecule has 0 heterocycles. The largest absolute Gasteiger partial charge is 2.00 e. The third-order valence-electron chi connectivity index (χ3n) is 1.19. The van der Waals surface area contributed by atoms with Crippen LogP contribution in [0, 0.1) is 44.6 Å². The van der Waals surface area contributed by atoms with Crippen molar-refractivity contribution in [1.82, 2.24) is 0 Å². The van der Waals surface area contributed by atoms with Crippen molar-refractivity contribution in [2.45, 2.75) is 0 Å². The Hall–Kier alpha value is 2.48. The summed E-state index contributed by atoms with van der Waals surface area (Å²) < 4.78 is 0. The number of anilines is 1. The summed E-state index contributed by atoms with van der Waals surface area (Å²) in [5, 5.41) is 0. The fourth-order valence-corrected chi connectivity index (χ4v) is 0.642. The van der Waals surface area contributed by atoms with Gasteiger partial charge in [-0.3, -0.25) is 12.9 Å². The van der Waals surface area contributed by atoms with Crippen molar-refractivity contribution in [3.8, 4) is 0 Å². The smallest absolute Gasteiger partial charge is 0.545 e. The Morgan fingerprint density at radius 3 is 2.06 bits per heavy atom. The Morgan fingerprint density at radius 1 is 1.33 bits per heavy atom. The van der Waals surface area contributed by atoms with Crippen molar-refractivity contribution in [2.75, 3.05) is 11.9 Å². The van der Waals surface area contributed by atoms with Crippen LogP contribution in [0.5, 0.6) is 0 Å². The van der Waals surface area contributed by atoms with Crippen LogP contribution in [-0.4, -0.2) is 20.2 Å². The van der Waals surface area contributed by atoms with Crippen LogP contribution in [0.2, 0.25) is 0 Å². The maximum Gasteiger partial charge on any atom is 2.00 e. The van der Waals surface area contributed by atoms with Gasteiger partial charge >= 0.3 is 39.6 Å². The van der Waals surface area contributed by atoms with E-state index >= 15 is 0 Å². The van der Waals surface area contributed by atoms with Crippen molar-refractivity contribution in [2.24, 2.45) is 0 Å². The Labute approximate surface area is 199 Å². The van der Waals surface area contributed by atoms with E-state index in [0.29, 0.717) is 0 Å². The number of hydrogen-bond acceptors (Lipinski definition) is 2. The van der Waals surface area contributed by atoms with Crippen LogP contribution in [0.1, 0.15) is 0 Å². The molecule has 1 aromatic rings. The van der Waals surface area contributed by atoms with E-state index in [2.05, 4.69) is 12.9 Å². The molecule has 92 valence electrons. The Bertz CT molecular complexity index is 249. The molecule has 0 N–H and O–H groups in total. The van der Waals surface area contributed by atoms with Crippen LogP contribution in [0.3, 0.4) is 0 Å².